The van der Waals surface area contributed by atoms with Gasteiger partial charge in [0, 0.05) is 39.1 Å². The van der Waals surface area contributed by atoms with E-state index in [-0.39, 0.29) is 10.7 Å². The van der Waals surface area contributed by atoms with Crippen molar-refractivity contribution < 1.29 is 4.92 Å². The third-order valence-electron chi connectivity index (χ3n) is 3.31. The lowest BCUT2D eigenvalue weighted by molar-refractivity contribution is -0.392. The summed E-state index contributed by atoms with van der Waals surface area (Å²) in [6.07, 6.45) is 1.33. The molecule has 7 heteroatoms. The molecule has 0 bridgehead atoms. The normalized spacial score (nSPS) is 21.1. The summed E-state index contributed by atoms with van der Waals surface area (Å²) in [5.41, 5.74) is 0. The number of hydrogen-bond acceptors (Lipinski definition) is 5. The Balaban J connectivity index is 1.97. The molecule has 0 saturated carbocycles. The maximum Gasteiger partial charge on any atom is 0.342 e. The minimum absolute atomic E-state index is 0.0793. The number of rotatable bonds is 4. The molecule has 0 aliphatic carbocycles. The van der Waals surface area contributed by atoms with Gasteiger partial charge >= 0.3 is 5.82 Å². The summed E-state index contributed by atoms with van der Waals surface area (Å²) in [6, 6.07) is 0.484. The summed E-state index contributed by atoms with van der Waals surface area (Å²) in [4.78, 5) is 16.8. The third kappa shape index (κ3) is 2.85. The van der Waals surface area contributed by atoms with E-state index in [9.17, 15) is 10.1 Å². The molecule has 1 aromatic rings. The van der Waals surface area contributed by atoms with Crippen LogP contribution in [0.3, 0.4) is 0 Å². The Morgan fingerprint density at radius 3 is 3.06 bits per heavy atom. The van der Waals surface area contributed by atoms with Crippen LogP contribution in [0.2, 0.25) is 0 Å². The number of hydrogen-bond donors (Lipinski definition) is 1. The quantitative estimate of drug-likeness (QED) is 0.620. The van der Waals surface area contributed by atoms with Crippen LogP contribution in [0.25, 0.3) is 0 Å². The fraction of sp³-hybridized carbons (Fsp3) is 0.727. The van der Waals surface area contributed by atoms with Crippen LogP contribution in [0.15, 0.2) is 6.20 Å². The van der Waals surface area contributed by atoms with Gasteiger partial charge in [-0.3, -0.25) is 4.90 Å². The molecular weight excluding hydrogens is 234 g/mol. The van der Waals surface area contributed by atoms with Gasteiger partial charge in [0.05, 0.1) is 0 Å². The second-order valence-electron chi connectivity index (χ2n) is 4.73. The highest BCUT2D eigenvalue weighted by Gasteiger charge is 2.20. The van der Waals surface area contributed by atoms with E-state index in [1.807, 2.05) is 0 Å². The van der Waals surface area contributed by atoms with Crippen LogP contribution in [-0.4, -0.2) is 51.6 Å². The minimum Gasteiger partial charge on any atom is -0.358 e. The Morgan fingerprint density at radius 2 is 2.39 bits per heavy atom. The number of aromatic nitrogens is 2. The second kappa shape index (κ2) is 5.45. The number of nitro groups is 1. The molecule has 1 N–H and O–H groups in total. The molecule has 18 heavy (non-hydrogen) atoms. The lowest BCUT2D eigenvalue weighted by Crippen LogP contribution is -2.49. The lowest BCUT2D eigenvalue weighted by Gasteiger charge is -2.31. The van der Waals surface area contributed by atoms with Gasteiger partial charge in [-0.25, -0.2) is 9.55 Å². The largest absolute Gasteiger partial charge is 0.358 e. The molecule has 7 nitrogen and oxygen atoms in total. The van der Waals surface area contributed by atoms with Crippen LogP contribution in [0, 0.1) is 17.0 Å². The number of nitrogens with zero attached hydrogens (tertiary/aromatic N) is 4. The molecule has 1 aromatic heterocycles. The molecule has 0 radical (unpaired) electrons. The zero-order valence-corrected chi connectivity index (χ0v) is 10.8. The van der Waals surface area contributed by atoms with Gasteiger partial charge in [-0.2, -0.15) is 0 Å². The van der Waals surface area contributed by atoms with Crippen molar-refractivity contribution in [3.63, 3.8) is 0 Å². The molecule has 1 aliphatic rings. The van der Waals surface area contributed by atoms with Gasteiger partial charge in [-0.05, 0) is 11.8 Å². The predicted molar refractivity (Wildman–Crippen MR) is 67.5 cm³/mol. The predicted octanol–water partition coefficient (Wildman–Crippen LogP) is 0.393. The Hall–Kier alpha value is -1.47. The van der Waals surface area contributed by atoms with E-state index in [1.54, 1.807) is 11.5 Å². The summed E-state index contributed by atoms with van der Waals surface area (Å²) < 4.78 is 1.67. The molecule has 1 aliphatic heterocycles. The molecule has 1 fully saturated rings. The molecule has 0 spiro atoms. The maximum absolute atomic E-state index is 10.9. The van der Waals surface area contributed by atoms with Gasteiger partial charge in [0.2, 0.25) is 0 Å². The fourth-order valence-corrected chi connectivity index (χ4v) is 2.34. The first-order valence-corrected chi connectivity index (χ1v) is 6.20. The SMILES string of the molecule is Cc1ncc([N+](=O)[O-])n1CCN1CCN[C@@H](C)C1. The number of aryl methyl sites for hydroxylation is 1. The molecule has 2 heterocycles. The van der Waals surface area contributed by atoms with E-state index in [0.717, 1.165) is 26.2 Å². The van der Waals surface area contributed by atoms with Crippen molar-refractivity contribution in [1.82, 2.24) is 19.8 Å². The van der Waals surface area contributed by atoms with Gasteiger partial charge in [-0.15, -0.1) is 0 Å². The van der Waals surface area contributed by atoms with Crippen LogP contribution in [0.1, 0.15) is 12.7 Å². The highest BCUT2D eigenvalue weighted by Crippen LogP contribution is 2.13. The Bertz CT molecular complexity index is 431. The van der Waals surface area contributed by atoms with Crippen molar-refractivity contribution in [2.75, 3.05) is 26.2 Å². The number of nitrogens with one attached hydrogen (secondary N) is 1. The van der Waals surface area contributed by atoms with E-state index in [0.29, 0.717) is 18.4 Å². The van der Waals surface area contributed by atoms with Crippen LogP contribution in [0.4, 0.5) is 5.82 Å². The molecule has 0 unspecified atom stereocenters. The number of piperazine rings is 1. The minimum atomic E-state index is -0.375. The van der Waals surface area contributed by atoms with Crippen LogP contribution >= 0.6 is 0 Å². The Kier molecular flexibility index (Phi) is 3.93. The van der Waals surface area contributed by atoms with Gasteiger partial charge in [0.1, 0.15) is 12.7 Å². The van der Waals surface area contributed by atoms with Crippen molar-refractivity contribution in [2.45, 2.75) is 26.4 Å². The van der Waals surface area contributed by atoms with Crippen molar-refractivity contribution in [3.05, 3.63) is 22.1 Å². The summed E-state index contributed by atoms with van der Waals surface area (Å²) in [5.74, 6) is 0.778. The van der Waals surface area contributed by atoms with E-state index in [2.05, 4.69) is 22.1 Å². The average molecular weight is 253 g/mol. The lowest BCUT2D eigenvalue weighted by atomic mass is 10.2. The van der Waals surface area contributed by atoms with Crippen LogP contribution < -0.4 is 5.32 Å². The molecule has 0 aromatic carbocycles. The zero-order valence-electron chi connectivity index (χ0n) is 10.8. The molecule has 0 amide bonds. The van der Waals surface area contributed by atoms with Gasteiger partial charge in [0.25, 0.3) is 0 Å². The summed E-state index contributed by atoms with van der Waals surface area (Å²) in [6.45, 7) is 8.35. The fourth-order valence-electron chi connectivity index (χ4n) is 2.34. The maximum atomic E-state index is 10.9. The second-order valence-corrected chi connectivity index (χ2v) is 4.73. The molecule has 2 rings (SSSR count). The van der Waals surface area contributed by atoms with Gasteiger partial charge in [0.15, 0.2) is 5.82 Å². The third-order valence-corrected chi connectivity index (χ3v) is 3.31. The summed E-state index contributed by atoms with van der Waals surface area (Å²) in [5, 5.41) is 14.2. The van der Waals surface area contributed by atoms with Crippen molar-refractivity contribution >= 4 is 5.82 Å². The van der Waals surface area contributed by atoms with E-state index in [4.69, 9.17) is 0 Å². The highest BCUT2D eigenvalue weighted by atomic mass is 16.6. The van der Waals surface area contributed by atoms with Crippen LogP contribution in [-0.2, 0) is 6.54 Å². The molecular formula is C11H19N5O2. The standard InChI is InChI=1S/C11H19N5O2/c1-9-8-14(4-3-12-9)5-6-15-10(2)13-7-11(15)16(17)18/h7,9,12H,3-6,8H2,1-2H3/t9-/m0/s1. The van der Waals surface area contributed by atoms with E-state index < -0.39 is 0 Å². The van der Waals surface area contributed by atoms with Crippen LogP contribution in [0.5, 0.6) is 0 Å². The molecule has 100 valence electrons. The van der Waals surface area contributed by atoms with Crippen molar-refractivity contribution in [3.8, 4) is 0 Å². The zero-order chi connectivity index (χ0) is 13.1. The van der Waals surface area contributed by atoms with E-state index >= 15 is 0 Å². The summed E-state index contributed by atoms with van der Waals surface area (Å²) >= 11 is 0. The topological polar surface area (TPSA) is 76.2 Å². The van der Waals surface area contributed by atoms with Gasteiger partial charge < -0.3 is 15.4 Å². The monoisotopic (exact) mass is 253 g/mol. The van der Waals surface area contributed by atoms with Gasteiger partial charge in [-0.1, -0.05) is 0 Å². The van der Waals surface area contributed by atoms with E-state index in [1.165, 1.54) is 6.20 Å². The summed E-state index contributed by atoms with van der Waals surface area (Å²) in [7, 11) is 0. The molecule has 1 atom stereocenters. The van der Waals surface area contributed by atoms with Crippen molar-refractivity contribution in [2.24, 2.45) is 0 Å². The highest BCUT2D eigenvalue weighted by molar-refractivity contribution is 5.18. The number of imidazole rings is 1. The van der Waals surface area contributed by atoms with Crippen molar-refractivity contribution in [1.29, 1.82) is 0 Å². The Labute approximate surface area is 106 Å². The average Bonchev–Trinajstić information content (AvgIpc) is 2.68. The first-order chi connectivity index (χ1) is 8.58. The molecule has 1 saturated heterocycles. The Morgan fingerprint density at radius 1 is 1.61 bits per heavy atom. The smallest absolute Gasteiger partial charge is 0.342 e. The first kappa shape index (κ1) is 13.0. The first-order valence-electron chi connectivity index (χ1n) is 6.20.